The van der Waals surface area contributed by atoms with Crippen LogP contribution in [0.25, 0.3) is 0 Å². The maximum atomic E-state index is 10.6. The quantitative estimate of drug-likeness (QED) is 0.133. The monoisotopic (exact) mass is 474 g/mol. The molecule has 0 aliphatic carbocycles. The molecule has 0 atom stereocenters. The van der Waals surface area contributed by atoms with Crippen molar-refractivity contribution in [1.29, 1.82) is 0 Å². The number of carbonyl (C=O) groups is 2. The number of benzene rings is 1. The maximum Gasteiger partial charge on any atom is 0.303 e. The number of carboxylic acids is 2. The van der Waals surface area contributed by atoms with Gasteiger partial charge in [-0.25, -0.2) is 0 Å². The van der Waals surface area contributed by atoms with Gasteiger partial charge in [0, 0.05) is 18.4 Å². The molecular weight excluding hydrogens is 432 g/mol. The number of hydrogen-bond donors (Lipinski definition) is 2. The SMILES string of the molecule is CCCCCCCc1ccc(C#CC(OCCCCCC(=O)O)OCCCCCC(=O)O)cc1. The second-order valence-electron chi connectivity index (χ2n) is 8.61. The summed E-state index contributed by atoms with van der Waals surface area (Å²) in [6.45, 7) is 3.13. The molecule has 0 bridgehead atoms. The van der Waals surface area contributed by atoms with Gasteiger partial charge in [0.2, 0.25) is 6.29 Å². The third kappa shape index (κ3) is 17.2. The van der Waals surface area contributed by atoms with Crippen LogP contribution in [0.5, 0.6) is 0 Å². The first-order chi connectivity index (χ1) is 16.5. The van der Waals surface area contributed by atoms with Crippen molar-refractivity contribution >= 4 is 11.9 Å². The molecule has 0 fully saturated rings. The molecular formula is C28H42O6. The van der Waals surface area contributed by atoms with Crippen LogP contribution in [0.2, 0.25) is 0 Å². The van der Waals surface area contributed by atoms with Gasteiger partial charge in [-0.1, -0.05) is 63.5 Å². The highest BCUT2D eigenvalue weighted by Gasteiger charge is 2.06. The lowest BCUT2D eigenvalue weighted by Gasteiger charge is -2.13. The Kier molecular flexibility index (Phi) is 17.5. The summed E-state index contributed by atoms with van der Waals surface area (Å²) in [7, 11) is 0. The third-order valence-corrected chi connectivity index (χ3v) is 5.47. The number of ether oxygens (including phenoxy) is 2. The molecule has 0 unspecified atom stereocenters. The van der Waals surface area contributed by atoms with Gasteiger partial charge in [-0.15, -0.1) is 0 Å². The smallest absolute Gasteiger partial charge is 0.303 e. The topological polar surface area (TPSA) is 93.1 Å². The summed E-state index contributed by atoms with van der Waals surface area (Å²) in [5.74, 6) is 4.63. The van der Waals surface area contributed by atoms with E-state index in [1.807, 2.05) is 12.1 Å². The predicted octanol–water partition coefficient (Wildman–Crippen LogP) is 6.20. The minimum atomic E-state index is -0.779. The molecule has 0 saturated carbocycles. The van der Waals surface area contributed by atoms with E-state index in [9.17, 15) is 9.59 Å². The van der Waals surface area contributed by atoms with Gasteiger partial charge in [0.1, 0.15) is 0 Å². The van der Waals surface area contributed by atoms with Crippen LogP contribution in [0.4, 0.5) is 0 Å². The average Bonchev–Trinajstić information content (AvgIpc) is 2.81. The molecule has 1 aromatic rings. The maximum absolute atomic E-state index is 10.6. The highest BCUT2D eigenvalue weighted by atomic mass is 16.7. The van der Waals surface area contributed by atoms with Gasteiger partial charge in [-0.05, 0) is 62.1 Å². The summed E-state index contributed by atoms with van der Waals surface area (Å²) < 4.78 is 11.6. The molecule has 190 valence electrons. The van der Waals surface area contributed by atoms with Crippen molar-refractivity contribution in [3.8, 4) is 11.8 Å². The fraction of sp³-hybridized carbons (Fsp3) is 0.643. The van der Waals surface area contributed by atoms with Crippen LogP contribution in [-0.4, -0.2) is 41.7 Å². The molecule has 34 heavy (non-hydrogen) atoms. The Labute approximate surface area is 205 Å². The van der Waals surface area contributed by atoms with Gasteiger partial charge < -0.3 is 19.7 Å². The molecule has 0 aliphatic rings. The van der Waals surface area contributed by atoms with Gasteiger partial charge in [0.25, 0.3) is 0 Å². The lowest BCUT2D eigenvalue weighted by Crippen LogP contribution is -2.17. The highest BCUT2D eigenvalue weighted by Crippen LogP contribution is 2.11. The zero-order chi connectivity index (χ0) is 24.9. The van der Waals surface area contributed by atoms with Gasteiger partial charge in [0.05, 0.1) is 13.2 Å². The van der Waals surface area contributed by atoms with E-state index in [0.29, 0.717) is 26.1 Å². The van der Waals surface area contributed by atoms with E-state index in [1.165, 1.54) is 37.7 Å². The van der Waals surface area contributed by atoms with Crippen LogP contribution in [-0.2, 0) is 25.5 Å². The van der Waals surface area contributed by atoms with Crippen molar-refractivity contribution in [2.45, 2.75) is 103 Å². The van der Waals surface area contributed by atoms with Gasteiger partial charge >= 0.3 is 11.9 Å². The van der Waals surface area contributed by atoms with Crippen molar-refractivity contribution in [2.24, 2.45) is 0 Å². The van der Waals surface area contributed by atoms with E-state index in [0.717, 1.165) is 37.7 Å². The largest absolute Gasteiger partial charge is 0.481 e. The second kappa shape index (κ2) is 20.1. The number of carboxylic acid groups (broad SMARTS) is 2. The first-order valence-electron chi connectivity index (χ1n) is 12.8. The van der Waals surface area contributed by atoms with E-state index in [1.54, 1.807) is 0 Å². The predicted molar refractivity (Wildman–Crippen MR) is 134 cm³/mol. The Morgan fingerprint density at radius 1 is 0.765 bits per heavy atom. The van der Waals surface area contributed by atoms with Crippen LogP contribution in [0.3, 0.4) is 0 Å². The number of unbranched alkanes of at least 4 members (excludes halogenated alkanes) is 8. The molecule has 0 radical (unpaired) electrons. The zero-order valence-electron chi connectivity index (χ0n) is 20.7. The summed E-state index contributed by atoms with van der Waals surface area (Å²) in [5.41, 5.74) is 2.24. The summed E-state index contributed by atoms with van der Waals surface area (Å²) in [6.07, 6.45) is 11.5. The molecule has 0 heterocycles. The molecule has 6 heteroatoms. The fourth-order valence-electron chi connectivity index (χ4n) is 3.45. The van der Waals surface area contributed by atoms with Crippen molar-refractivity contribution in [3.05, 3.63) is 35.4 Å². The van der Waals surface area contributed by atoms with Crippen molar-refractivity contribution in [1.82, 2.24) is 0 Å². The highest BCUT2D eigenvalue weighted by molar-refractivity contribution is 5.66. The normalized spacial score (nSPS) is 10.8. The lowest BCUT2D eigenvalue weighted by atomic mass is 10.0. The number of rotatable bonds is 20. The Balaban J connectivity index is 2.48. The van der Waals surface area contributed by atoms with Gasteiger partial charge in [-0.3, -0.25) is 9.59 Å². The van der Waals surface area contributed by atoms with E-state index in [-0.39, 0.29) is 12.8 Å². The minimum absolute atomic E-state index is 0.171. The van der Waals surface area contributed by atoms with E-state index >= 15 is 0 Å². The van der Waals surface area contributed by atoms with Crippen molar-refractivity contribution in [2.75, 3.05) is 13.2 Å². The fourth-order valence-corrected chi connectivity index (χ4v) is 3.45. The molecule has 0 saturated heterocycles. The molecule has 2 N–H and O–H groups in total. The van der Waals surface area contributed by atoms with Crippen LogP contribution in [0.15, 0.2) is 24.3 Å². The Hall–Kier alpha value is -2.36. The third-order valence-electron chi connectivity index (χ3n) is 5.47. The molecule has 0 aromatic heterocycles. The number of hydrogen-bond acceptors (Lipinski definition) is 4. The van der Waals surface area contributed by atoms with Crippen molar-refractivity contribution in [3.63, 3.8) is 0 Å². The van der Waals surface area contributed by atoms with Crippen LogP contribution in [0.1, 0.15) is 102 Å². The Bertz CT molecular complexity index is 706. The van der Waals surface area contributed by atoms with Gasteiger partial charge in [0.15, 0.2) is 0 Å². The zero-order valence-corrected chi connectivity index (χ0v) is 20.7. The summed E-state index contributed by atoms with van der Waals surface area (Å²) in [4.78, 5) is 21.2. The second-order valence-corrected chi connectivity index (χ2v) is 8.61. The molecule has 0 spiro atoms. The number of aryl methyl sites for hydroxylation is 1. The van der Waals surface area contributed by atoms with Crippen LogP contribution in [0, 0.1) is 11.8 Å². The molecule has 1 aromatic carbocycles. The van der Waals surface area contributed by atoms with Gasteiger partial charge in [-0.2, -0.15) is 0 Å². The summed E-state index contributed by atoms with van der Waals surface area (Å²) in [5, 5.41) is 17.4. The Morgan fingerprint density at radius 2 is 1.29 bits per heavy atom. The summed E-state index contributed by atoms with van der Waals surface area (Å²) >= 11 is 0. The summed E-state index contributed by atoms with van der Waals surface area (Å²) in [6, 6.07) is 8.32. The molecule has 1 rings (SSSR count). The standard InChI is InChI=1S/C28H42O6/c1-2-3-4-5-8-13-24-16-18-25(19-17-24)20-21-28(33-22-11-6-9-14-26(29)30)34-23-12-7-10-15-27(31)32/h16-19,28H,2-15,22-23H2,1H3,(H,29,30)(H,31,32). The molecule has 6 nitrogen and oxygen atoms in total. The van der Waals surface area contributed by atoms with Crippen LogP contribution < -0.4 is 0 Å². The van der Waals surface area contributed by atoms with E-state index in [4.69, 9.17) is 19.7 Å². The average molecular weight is 475 g/mol. The van der Waals surface area contributed by atoms with E-state index < -0.39 is 18.2 Å². The molecule has 0 amide bonds. The van der Waals surface area contributed by atoms with E-state index in [2.05, 4.69) is 30.9 Å². The minimum Gasteiger partial charge on any atom is -0.481 e. The molecule has 0 aliphatic heterocycles. The lowest BCUT2D eigenvalue weighted by molar-refractivity contribution is -0.138. The first-order valence-corrected chi connectivity index (χ1v) is 12.8. The number of aliphatic carboxylic acids is 2. The van der Waals surface area contributed by atoms with Crippen LogP contribution >= 0.6 is 0 Å². The Morgan fingerprint density at radius 3 is 1.82 bits per heavy atom. The van der Waals surface area contributed by atoms with Crippen molar-refractivity contribution < 1.29 is 29.3 Å². The first kappa shape index (κ1) is 29.7.